The molecule has 0 radical (unpaired) electrons. The lowest BCUT2D eigenvalue weighted by Gasteiger charge is -2.11. The Morgan fingerprint density at radius 3 is 3.07 bits per heavy atom. The van der Waals surface area contributed by atoms with E-state index in [4.69, 9.17) is 0 Å². The fourth-order valence-electron chi connectivity index (χ4n) is 1.00. The van der Waals surface area contributed by atoms with Crippen LogP contribution in [-0.2, 0) is 6.54 Å². The minimum absolute atomic E-state index is 0.486. The van der Waals surface area contributed by atoms with Crippen LogP contribution in [0.25, 0.3) is 0 Å². The van der Waals surface area contributed by atoms with Crippen molar-refractivity contribution in [2.24, 2.45) is 0 Å². The van der Waals surface area contributed by atoms with Crippen molar-refractivity contribution >= 4 is 0 Å². The van der Waals surface area contributed by atoms with Crippen molar-refractivity contribution in [1.82, 2.24) is 9.88 Å². The van der Waals surface area contributed by atoms with Crippen molar-refractivity contribution in [3.63, 3.8) is 0 Å². The van der Waals surface area contributed by atoms with Crippen LogP contribution in [0, 0.1) is 10.1 Å². The SMILES string of the molecule is CN(/C=C/[N+](=O)[O-])Cc1cccnc1. The molecule has 0 spiro atoms. The number of pyridine rings is 1. The maximum Gasteiger partial charge on any atom is 0.250 e. The molecule has 0 amide bonds. The molecule has 0 saturated carbocycles. The first-order valence-electron chi connectivity index (χ1n) is 4.09. The van der Waals surface area contributed by atoms with Crippen molar-refractivity contribution in [3.8, 4) is 0 Å². The summed E-state index contributed by atoms with van der Waals surface area (Å²) in [6.07, 6.45) is 5.76. The zero-order valence-corrected chi connectivity index (χ0v) is 7.83. The van der Waals surface area contributed by atoms with Crippen LogP contribution in [-0.4, -0.2) is 21.9 Å². The highest BCUT2D eigenvalue weighted by molar-refractivity contribution is 5.08. The second kappa shape index (κ2) is 4.96. The third-order valence-corrected chi connectivity index (χ3v) is 1.60. The highest BCUT2D eigenvalue weighted by Gasteiger charge is 1.96. The zero-order valence-electron chi connectivity index (χ0n) is 7.83. The van der Waals surface area contributed by atoms with Crippen LogP contribution in [0.3, 0.4) is 0 Å². The lowest BCUT2D eigenvalue weighted by atomic mass is 10.3. The van der Waals surface area contributed by atoms with Gasteiger partial charge in [-0.3, -0.25) is 15.1 Å². The van der Waals surface area contributed by atoms with Crippen molar-refractivity contribution in [1.29, 1.82) is 0 Å². The van der Waals surface area contributed by atoms with E-state index in [1.54, 1.807) is 24.3 Å². The number of rotatable bonds is 4. The fourth-order valence-corrected chi connectivity index (χ4v) is 1.00. The van der Waals surface area contributed by atoms with Crippen LogP contribution in [0.1, 0.15) is 5.56 Å². The van der Waals surface area contributed by atoms with E-state index in [2.05, 4.69) is 4.98 Å². The molecule has 74 valence electrons. The summed E-state index contributed by atoms with van der Waals surface area (Å²) in [6.45, 7) is 0.609. The normalized spacial score (nSPS) is 10.4. The van der Waals surface area contributed by atoms with Gasteiger partial charge in [0.2, 0.25) is 6.20 Å². The molecule has 1 aromatic rings. The molecule has 0 unspecified atom stereocenters. The molecule has 5 nitrogen and oxygen atoms in total. The van der Waals surface area contributed by atoms with Crippen LogP contribution in [0.4, 0.5) is 0 Å². The van der Waals surface area contributed by atoms with Gasteiger partial charge in [0.05, 0.1) is 11.1 Å². The van der Waals surface area contributed by atoms with Crippen LogP contribution in [0.2, 0.25) is 0 Å². The standard InChI is InChI=1S/C9H11N3O2/c1-11(5-6-12(13)14)8-9-3-2-4-10-7-9/h2-7H,8H2,1H3/b6-5+. The molecule has 0 atom stereocenters. The summed E-state index contributed by atoms with van der Waals surface area (Å²) in [6, 6.07) is 3.75. The first kappa shape index (κ1) is 10.2. The topological polar surface area (TPSA) is 59.3 Å². The van der Waals surface area contributed by atoms with Gasteiger partial charge in [-0.15, -0.1) is 0 Å². The van der Waals surface area contributed by atoms with E-state index in [-0.39, 0.29) is 0 Å². The Hall–Kier alpha value is -1.91. The maximum absolute atomic E-state index is 10.0. The van der Waals surface area contributed by atoms with Gasteiger partial charge in [0.25, 0.3) is 0 Å². The third kappa shape index (κ3) is 3.66. The highest BCUT2D eigenvalue weighted by atomic mass is 16.6. The van der Waals surface area contributed by atoms with E-state index in [0.717, 1.165) is 11.8 Å². The van der Waals surface area contributed by atoms with Crippen molar-refractivity contribution in [2.75, 3.05) is 7.05 Å². The molecule has 0 fully saturated rings. The van der Waals surface area contributed by atoms with Crippen LogP contribution in [0.15, 0.2) is 36.9 Å². The summed E-state index contributed by atoms with van der Waals surface area (Å²) in [5.74, 6) is 0. The van der Waals surface area contributed by atoms with Gasteiger partial charge >= 0.3 is 0 Å². The molecule has 0 aliphatic heterocycles. The number of nitro groups is 1. The van der Waals surface area contributed by atoms with Gasteiger partial charge in [0.15, 0.2) is 0 Å². The number of hydrogen-bond donors (Lipinski definition) is 0. The van der Waals surface area contributed by atoms with Crippen LogP contribution >= 0.6 is 0 Å². The molecule has 5 heteroatoms. The van der Waals surface area contributed by atoms with Crippen LogP contribution < -0.4 is 0 Å². The number of hydrogen-bond acceptors (Lipinski definition) is 4. The fraction of sp³-hybridized carbons (Fsp3) is 0.222. The second-order valence-electron chi connectivity index (χ2n) is 2.86. The molecular formula is C9H11N3O2. The monoisotopic (exact) mass is 193 g/mol. The average Bonchev–Trinajstić information content (AvgIpc) is 2.16. The molecule has 14 heavy (non-hydrogen) atoms. The maximum atomic E-state index is 10.0. The molecule has 0 aliphatic carbocycles. The van der Waals surface area contributed by atoms with Gasteiger partial charge < -0.3 is 4.90 Å². The molecule has 0 saturated heterocycles. The summed E-state index contributed by atoms with van der Waals surface area (Å²) < 4.78 is 0. The zero-order chi connectivity index (χ0) is 10.4. The summed E-state index contributed by atoms with van der Waals surface area (Å²) in [5, 5.41) is 10.0. The summed E-state index contributed by atoms with van der Waals surface area (Å²) in [5.41, 5.74) is 1.02. The Bertz CT molecular complexity index is 324. The number of nitrogens with zero attached hydrogens (tertiary/aromatic N) is 3. The predicted molar refractivity (Wildman–Crippen MR) is 51.8 cm³/mol. The summed E-state index contributed by atoms with van der Waals surface area (Å²) in [7, 11) is 1.77. The Labute approximate surface area is 81.8 Å². The van der Waals surface area contributed by atoms with E-state index in [1.165, 1.54) is 6.20 Å². The number of aromatic nitrogens is 1. The summed E-state index contributed by atoms with van der Waals surface area (Å²) in [4.78, 5) is 15.2. The largest absolute Gasteiger partial charge is 0.371 e. The minimum Gasteiger partial charge on any atom is -0.371 e. The lowest BCUT2D eigenvalue weighted by Crippen LogP contribution is -2.10. The molecular weight excluding hydrogens is 182 g/mol. The average molecular weight is 193 g/mol. The molecule has 0 aromatic carbocycles. The highest BCUT2D eigenvalue weighted by Crippen LogP contribution is 2.00. The van der Waals surface area contributed by atoms with E-state index < -0.39 is 4.92 Å². The summed E-state index contributed by atoms with van der Waals surface area (Å²) >= 11 is 0. The van der Waals surface area contributed by atoms with Gasteiger partial charge in [-0.1, -0.05) is 6.07 Å². The minimum atomic E-state index is -0.486. The molecule has 1 aromatic heterocycles. The van der Waals surface area contributed by atoms with Gasteiger partial charge in [-0.05, 0) is 11.6 Å². The van der Waals surface area contributed by atoms with Crippen molar-refractivity contribution < 1.29 is 4.92 Å². The molecule has 1 rings (SSSR count). The van der Waals surface area contributed by atoms with Crippen LogP contribution in [0.5, 0.6) is 0 Å². The van der Waals surface area contributed by atoms with E-state index in [0.29, 0.717) is 6.54 Å². The first-order chi connectivity index (χ1) is 6.68. The Kier molecular flexibility index (Phi) is 3.60. The Balaban J connectivity index is 2.49. The van der Waals surface area contributed by atoms with E-state index in [9.17, 15) is 10.1 Å². The lowest BCUT2D eigenvalue weighted by molar-refractivity contribution is -0.403. The van der Waals surface area contributed by atoms with Gasteiger partial charge in [-0.25, -0.2) is 0 Å². The predicted octanol–water partition coefficient (Wildman–Crippen LogP) is 1.26. The van der Waals surface area contributed by atoms with Gasteiger partial charge in [0.1, 0.15) is 0 Å². The Morgan fingerprint density at radius 1 is 1.71 bits per heavy atom. The smallest absolute Gasteiger partial charge is 0.250 e. The second-order valence-corrected chi connectivity index (χ2v) is 2.86. The molecule has 1 heterocycles. The van der Waals surface area contributed by atoms with Crippen molar-refractivity contribution in [2.45, 2.75) is 6.54 Å². The quantitative estimate of drug-likeness (QED) is 0.533. The molecule has 0 aliphatic rings. The Morgan fingerprint density at radius 2 is 2.50 bits per heavy atom. The van der Waals surface area contributed by atoms with Crippen molar-refractivity contribution in [3.05, 3.63) is 52.6 Å². The van der Waals surface area contributed by atoms with Gasteiger partial charge in [-0.2, -0.15) is 0 Å². The first-order valence-corrected chi connectivity index (χ1v) is 4.09. The molecule has 0 bridgehead atoms. The molecule has 0 N–H and O–H groups in total. The van der Waals surface area contributed by atoms with E-state index in [1.807, 2.05) is 12.1 Å². The van der Waals surface area contributed by atoms with Gasteiger partial charge in [0, 0.05) is 26.0 Å². The van der Waals surface area contributed by atoms with E-state index >= 15 is 0 Å². The third-order valence-electron chi connectivity index (χ3n) is 1.60.